The lowest BCUT2D eigenvalue weighted by Gasteiger charge is -2.37. The molecule has 33 heteroatoms. The molecule has 1 aromatic heterocycles. The van der Waals surface area contributed by atoms with Gasteiger partial charge in [0.1, 0.15) is 12.1 Å². The van der Waals surface area contributed by atoms with Gasteiger partial charge in [0, 0.05) is 129 Å². The first kappa shape index (κ1) is 74.6. The maximum absolute atomic E-state index is 12.4. The number of nitrogens with one attached hydrogen (secondary N) is 4. The fourth-order valence-corrected chi connectivity index (χ4v) is 11.3. The Morgan fingerprint density at radius 3 is 1.39 bits per heavy atom. The molecule has 3 aliphatic rings. The van der Waals surface area contributed by atoms with E-state index in [9.17, 15) is 83.7 Å². The van der Waals surface area contributed by atoms with Crippen LogP contribution in [0.5, 0.6) is 0 Å². The normalized spacial score (nSPS) is 17.7. The number of aromatic nitrogens is 3. The van der Waals surface area contributed by atoms with Gasteiger partial charge in [-0.25, -0.2) is 14.4 Å². The number of amides is 3. The molecule has 1 aromatic carbocycles. The summed E-state index contributed by atoms with van der Waals surface area (Å²) in [5, 5.41) is 86.7. The van der Waals surface area contributed by atoms with E-state index in [1.807, 2.05) is 34.1 Å². The number of hydrogen-bond acceptors (Lipinski definition) is 22. The number of urea groups is 1. The smallest absolute Gasteiger partial charge is 0.326 e. The van der Waals surface area contributed by atoms with Crippen LogP contribution in [0.3, 0.4) is 0 Å². The third-order valence-electron chi connectivity index (χ3n) is 16.3. The summed E-state index contributed by atoms with van der Waals surface area (Å²) in [5.74, 6) is -8.14. The fraction of sp³-hybridized carbons (Fsp3) is 0.678. The molecule has 0 aliphatic carbocycles. The quantitative estimate of drug-likeness (QED) is 0.0400. The number of anilines is 4. The zero-order valence-corrected chi connectivity index (χ0v) is 52.3. The van der Waals surface area contributed by atoms with Crippen molar-refractivity contribution in [1.29, 1.82) is 0 Å². The second kappa shape index (κ2) is 40.0. The van der Waals surface area contributed by atoms with Crippen molar-refractivity contribution in [2.24, 2.45) is 0 Å². The molecule has 3 fully saturated rings. The minimum absolute atomic E-state index is 0.0387. The minimum Gasteiger partial charge on any atom is -0.481 e. The monoisotopic (exact) mass is 1300 g/mol. The van der Waals surface area contributed by atoms with Gasteiger partial charge in [-0.2, -0.15) is 15.0 Å². The van der Waals surface area contributed by atoms with Crippen molar-refractivity contribution in [1.82, 2.24) is 60.3 Å². The van der Waals surface area contributed by atoms with Gasteiger partial charge in [0.25, 0.3) is 0 Å². The molecular weight excluding hydrogens is 1210 g/mol. The molecule has 0 bridgehead atoms. The van der Waals surface area contributed by atoms with Crippen LogP contribution in [-0.4, -0.2) is 307 Å². The molecule has 0 radical (unpaired) electrons. The van der Waals surface area contributed by atoms with Crippen LogP contribution in [-0.2, 0) is 49.6 Å². The van der Waals surface area contributed by atoms with Gasteiger partial charge in [-0.05, 0) is 69.2 Å². The van der Waals surface area contributed by atoms with Gasteiger partial charge in [-0.3, -0.25) is 63.0 Å². The first-order valence-corrected chi connectivity index (χ1v) is 31.6. The van der Waals surface area contributed by atoms with Gasteiger partial charge in [-0.1, -0.05) is 50.7 Å². The number of hydrogen-bond donors (Lipinski definition) is 12. The van der Waals surface area contributed by atoms with Crippen molar-refractivity contribution < 1.29 is 88.8 Å². The molecule has 12 N–H and O–H groups in total. The minimum atomic E-state index is -1.50. The van der Waals surface area contributed by atoms with Crippen LogP contribution in [0, 0.1) is 0 Å². The van der Waals surface area contributed by atoms with Crippen molar-refractivity contribution in [3.8, 4) is 0 Å². The van der Waals surface area contributed by atoms with Crippen LogP contribution >= 0.6 is 0 Å². The number of carboxylic acid groups (broad SMARTS) is 8. The van der Waals surface area contributed by atoms with Crippen molar-refractivity contribution in [2.75, 3.05) is 159 Å². The van der Waals surface area contributed by atoms with E-state index < -0.39 is 84.9 Å². The Morgan fingerprint density at radius 1 is 0.446 bits per heavy atom. The largest absolute Gasteiger partial charge is 0.481 e. The predicted octanol–water partition coefficient (Wildman–Crippen LogP) is 0.283. The lowest BCUT2D eigenvalue weighted by atomic mass is 10.0. The standard InChI is InChI=1S/C59H93N15O18/c75-47(60-19-9-8-11-45(54(88)89)62-59(92)63-46(55(90)91)17-18-48(76)77)12-7-5-3-1-2-4-6-10-20-67-25-30-72(31-26-67)57-64-56(65-58(66-57)73-32-27-70(28-33-73)39-51(82)83)61-43-15-13-42(14-16-43)35-44-36-71(40-52(84)85)24-23-68(37-49(78)79)21-22-69(38-50(80)81)29-34-74(44)41-53(86)87/h13-16,44-46H,1-12,17-41H2,(H,60,75)(H,76,77)(H,78,79)(H,80,81)(H,82,83)(H,84,85)(H,86,87)(H,88,89)(H,90,91)(H2,62,63,92)(H,61,64,65,66). The second-order valence-corrected chi connectivity index (χ2v) is 23.5. The number of unbranched alkanes of at least 4 members (excludes halogenated alkanes) is 8. The average Bonchev–Trinajstić information content (AvgIpc) is 1.14. The van der Waals surface area contributed by atoms with Crippen molar-refractivity contribution in [3.63, 3.8) is 0 Å². The average molecular weight is 1300 g/mol. The molecule has 3 atom stereocenters. The lowest BCUT2D eigenvalue weighted by molar-refractivity contribution is -0.142. The molecule has 4 heterocycles. The topological polar surface area (TPSA) is 445 Å². The summed E-state index contributed by atoms with van der Waals surface area (Å²) in [6.07, 6.45) is 8.74. The van der Waals surface area contributed by atoms with Crippen LogP contribution in [0.2, 0.25) is 0 Å². The Morgan fingerprint density at radius 2 is 0.891 bits per heavy atom. The van der Waals surface area contributed by atoms with Gasteiger partial charge >= 0.3 is 53.8 Å². The van der Waals surface area contributed by atoms with Gasteiger partial charge in [0.2, 0.25) is 23.8 Å². The summed E-state index contributed by atoms with van der Waals surface area (Å²) in [4.78, 5) is 148. The van der Waals surface area contributed by atoms with E-state index in [0.717, 1.165) is 76.6 Å². The highest BCUT2D eigenvalue weighted by Crippen LogP contribution is 2.24. The molecule has 0 saturated carbocycles. The van der Waals surface area contributed by atoms with Crippen molar-refractivity contribution in [3.05, 3.63) is 29.8 Å². The number of aliphatic carboxylic acids is 8. The molecular formula is C59H93N15O18. The first-order chi connectivity index (χ1) is 44.0. The number of carbonyl (C=O) groups is 10. The van der Waals surface area contributed by atoms with Gasteiger partial charge in [0.05, 0.1) is 32.7 Å². The van der Waals surface area contributed by atoms with Crippen molar-refractivity contribution >= 4 is 83.2 Å². The SMILES string of the molecule is O=C(O)CCC(NC(=O)NC(CCCCNC(=O)CCCCCCCCCCN1CCN(c2nc(Nc3ccc(CC4CN(CC(=O)O)CCN(CC(=O)O)CCN(CC(=O)O)CCN4CC(=O)O)cc3)nc(N3CCN(CC(=O)O)CC3)n2)CC1)C(=O)O)C(=O)O. The Labute approximate surface area is 534 Å². The van der Waals surface area contributed by atoms with E-state index in [1.165, 1.54) is 0 Å². The van der Waals surface area contributed by atoms with Crippen molar-refractivity contribution in [2.45, 2.75) is 114 Å². The summed E-state index contributed by atoms with van der Waals surface area (Å²) in [5.41, 5.74) is 1.44. The molecule has 5 rings (SSSR count). The number of carbonyl (C=O) groups excluding carboxylic acids is 2. The number of rotatable bonds is 39. The highest BCUT2D eigenvalue weighted by atomic mass is 16.4. The Balaban J connectivity index is 1.08. The van der Waals surface area contributed by atoms with Crippen LogP contribution in [0.4, 0.5) is 28.3 Å². The summed E-state index contributed by atoms with van der Waals surface area (Å²) in [6, 6.07) is 3.03. The van der Waals surface area contributed by atoms with Crippen LogP contribution in [0.25, 0.3) is 0 Å². The fourth-order valence-electron chi connectivity index (χ4n) is 11.3. The van der Waals surface area contributed by atoms with E-state index in [1.54, 1.807) is 19.6 Å². The van der Waals surface area contributed by atoms with E-state index in [4.69, 9.17) is 20.1 Å². The van der Waals surface area contributed by atoms with Gasteiger partial charge < -0.3 is 71.9 Å². The van der Waals surface area contributed by atoms with Crippen LogP contribution in [0.1, 0.15) is 95.5 Å². The number of benzene rings is 1. The highest BCUT2D eigenvalue weighted by Gasteiger charge is 2.30. The lowest BCUT2D eigenvalue weighted by Crippen LogP contribution is -2.53. The highest BCUT2D eigenvalue weighted by molar-refractivity contribution is 5.86. The molecule has 92 heavy (non-hydrogen) atoms. The first-order valence-electron chi connectivity index (χ1n) is 31.6. The summed E-state index contributed by atoms with van der Waals surface area (Å²) in [7, 11) is 0. The summed E-state index contributed by atoms with van der Waals surface area (Å²) >= 11 is 0. The van der Waals surface area contributed by atoms with E-state index in [2.05, 4.69) is 31.1 Å². The molecule has 33 nitrogen and oxygen atoms in total. The van der Waals surface area contributed by atoms with E-state index in [0.29, 0.717) is 95.0 Å². The van der Waals surface area contributed by atoms with Crippen LogP contribution < -0.4 is 31.1 Å². The van der Waals surface area contributed by atoms with Crippen LogP contribution in [0.15, 0.2) is 24.3 Å². The third kappa shape index (κ3) is 29.4. The second-order valence-electron chi connectivity index (χ2n) is 23.5. The van der Waals surface area contributed by atoms with E-state index >= 15 is 0 Å². The zero-order valence-electron chi connectivity index (χ0n) is 52.3. The third-order valence-corrected chi connectivity index (χ3v) is 16.3. The molecule has 2 aromatic rings. The van der Waals surface area contributed by atoms with Gasteiger partial charge in [-0.15, -0.1) is 0 Å². The number of nitrogens with zero attached hydrogens (tertiary/aromatic N) is 11. The number of carboxylic acids is 8. The van der Waals surface area contributed by atoms with Gasteiger partial charge in [0.15, 0.2) is 0 Å². The predicted molar refractivity (Wildman–Crippen MR) is 333 cm³/mol. The van der Waals surface area contributed by atoms with E-state index in [-0.39, 0.29) is 90.7 Å². The maximum atomic E-state index is 12.4. The molecule has 3 unspecified atom stereocenters. The number of piperazine rings is 2. The zero-order chi connectivity index (χ0) is 67.0. The molecule has 512 valence electrons. The maximum Gasteiger partial charge on any atom is 0.326 e. The summed E-state index contributed by atoms with van der Waals surface area (Å²) in [6.45, 7) is 5.92. The molecule has 0 spiro atoms. The molecule has 3 amide bonds. The molecule has 3 aliphatic heterocycles. The Hall–Kier alpha value is -8.11. The summed E-state index contributed by atoms with van der Waals surface area (Å²) < 4.78 is 0. The Kier molecular flexibility index (Phi) is 32.4. The molecule has 3 saturated heterocycles. The Bertz CT molecular complexity index is 2720.